The van der Waals surface area contributed by atoms with Crippen molar-refractivity contribution in [2.24, 2.45) is 0 Å². The fourth-order valence-corrected chi connectivity index (χ4v) is 2.97. The third-order valence-corrected chi connectivity index (χ3v) is 4.39. The molecule has 0 radical (unpaired) electrons. The van der Waals surface area contributed by atoms with Crippen molar-refractivity contribution >= 4 is 28.8 Å². The number of rotatable bonds is 2. The molecule has 0 bridgehead atoms. The van der Waals surface area contributed by atoms with E-state index in [0.29, 0.717) is 9.47 Å². The zero-order chi connectivity index (χ0) is 14.0. The minimum absolute atomic E-state index is 0.168. The second-order valence-electron chi connectivity index (χ2n) is 5.77. The first-order valence-corrected chi connectivity index (χ1v) is 7.60. The lowest BCUT2D eigenvalue weighted by molar-refractivity contribution is 0.0812. The molecular weight excluding hydrogens is 284 g/mol. The maximum absolute atomic E-state index is 11.9. The third-order valence-electron chi connectivity index (χ3n) is 3.37. The quantitative estimate of drug-likeness (QED) is 0.910. The predicted octanol–water partition coefficient (Wildman–Crippen LogP) is 2.18. The molecule has 0 unspecified atom stereocenters. The Morgan fingerprint density at radius 3 is 2.47 bits per heavy atom. The molecule has 1 aliphatic rings. The molecule has 5 nitrogen and oxygen atoms in total. The van der Waals surface area contributed by atoms with E-state index in [9.17, 15) is 4.79 Å². The van der Waals surface area contributed by atoms with Crippen LogP contribution in [0.4, 0.5) is 0 Å². The van der Waals surface area contributed by atoms with Gasteiger partial charge in [-0.1, -0.05) is 11.3 Å². The van der Waals surface area contributed by atoms with Gasteiger partial charge in [0, 0.05) is 24.7 Å². The van der Waals surface area contributed by atoms with E-state index in [1.165, 1.54) is 0 Å². The van der Waals surface area contributed by atoms with Gasteiger partial charge in [-0.3, -0.25) is 9.69 Å². The average molecular weight is 303 g/mol. The van der Waals surface area contributed by atoms with Crippen LogP contribution >= 0.6 is 22.9 Å². The highest BCUT2D eigenvalue weighted by molar-refractivity contribution is 7.17. The summed E-state index contributed by atoms with van der Waals surface area (Å²) in [6.07, 6.45) is 1.94. The molecule has 0 spiro atoms. The van der Waals surface area contributed by atoms with Crippen molar-refractivity contribution in [1.82, 2.24) is 20.4 Å². The van der Waals surface area contributed by atoms with Gasteiger partial charge in [0.2, 0.25) is 9.47 Å². The lowest BCUT2D eigenvalue weighted by Gasteiger charge is -2.40. The van der Waals surface area contributed by atoms with Gasteiger partial charge < -0.3 is 5.32 Å². The van der Waals surface area contributed by atoms with Crippen LogP contribution in [0.2, 0.25) is 4.47 Å². The highest BCUT2D eigenvalue weighted by atomic mass is 35.5. The fraction of sp³-hybridized carbons (Fsp3) is 0.750. The molecule has 1 aromatic heterocycles. The molecule has 1 N–H and O–H groups in total. The molecule has 0 saturated carbocycles. The van der Waals surface area contributed by atoms with Crippen LogP contribution in [-0.4, -0.2) is 45.7 Å². The Morgan fingerprint density at radius 2 is 2.00 bits per heavy atom. The first-order chi connectivity index (χ1) is 8.86. The van der Waals surface area contributed by atoms with E-state index >= 15 is 0 Å². The van der Waals surface area contributed by atoms with Crippen LogP contribution in [-0.2, 0) is 0 Å². The number of nitrogens with zero attached hydrogens (tertiary/aromatic N) is 3. The van der Waals surface area contributed by atoms with E-state index < -0.39 is 0 Å². The van der Waals surface area contributed by atoms with Gasteiger partial charge in [0.25, 0.3) is 5.91 Å². The van der Waals surface area contributed by atoms with Crippen LogP contribution in [0.3, 0.4) is 0 Å². The van der Waals surface area contributed by atoms with Crippen molar-refractivity contribution in [3.8, 4) is 0 Å². The number of hydrogen-bond acceptors (Lipinski definition) is 5. The Labute approximate surface area is 122 Å². The monoisotopic (exact) mass is 302 g/mol. The number of halogens is 1. The highest BCUT2D eigenvalue weighted by Gasteiger charge is 2.28. The van der Waals surface area contributed by atoms with Crippen molar-refractivity contribution in [3.63, 3.8) is 0 Å². The van der Waals surface area contributed by atoms with Crippen LogP contribution in [0.15, 0.2) is 0 Å². The molecule has 1 aromatic rings. The Morgan fingerprint density at radius 1 is 1.37 bits per heavy atom. The summed E-state index contributed by atoms with van der Waals surface area (Å²) >= 11 is 6.78. The number of carbonyl (C=O) groups is 1. The summed E-state index contributed by atoms with van der Waals surface area (Å²) in [5, 5.41) is 10.7. The molecule has 0 aliphatic carbocycles. The molecule has 0 aromatic carbocycles. The number of piperidine rings is 1. The molecule has 7 heteroatoms. The van der Waals surface area contributed by atoms with E-state index in [1.807, 2.05) is 0 Å². The standard InChI is InChI=1S/C12H19ClN4OS/c1-12(2,3)17-6-4-8(5-7-17)14-9(18)10-15-16-11(13)19-10/h8H,4-7H2,1-3H3,(H,14,18). The zero-order valence-corrected chi connectivity index (χ0v) is 13.0. The average Bonchev–Trinajstić information content (AvgIpc) is 2.75. The van der Waals surface area contributed by atoms with Gasteiger partial charge in [-0.25, -0.2) is 0 Å². The molecule has 1 amide bonds. The van der Waals surface area contributed by atoms with Crippen LogP contribution in [0.5, 0.6) is 0 Å². The molecule has 1 fully saturated rings. The van der Waals surface area contributed by atoms with Crippen molar-refractivity contribution in [3.05, 3.63) is 9.47 Å². The number of carbonyl (C=O) groups excluding carboxylic acids is 1. The molecule has 19 heavy (non-hydrogen) atoms. The first kappa shape index (κ1) is 14.7. The summed E-state index contributed by atoms with van der Waals surface area (Å²) in [5.41, 5.74) is 0.196. The van der Waals surface area contributed by atoms with Crippen LogP contribution in [0, 0.1) is 0 Å². The van der Waals surface area contributed by atoms with Crippen LogP contribution in [0.1, 0.15) is 43.4 Å². The van der Waals surface area contributed by atoms with Crippen molar-refractivity contribution in [1.29, 1.82) is 0 Å². The second-order valence-corrected chi connectivity index (χ2v) is 7.33. The molecule has 1 saturated heterocycles. The normalized spacial score (nSPS) is 18.5. The Kier molecular flexibility index (Phi) is 4.43. The molecule has 2 rings (SSSR count). The summed E-state index contributed by atoms with van der Waals surface area (Å²) in [5.74, 6) is -0.168. The summed E-state index contributed by atoms with van der Waals surface area (Å²) in [6, 6.07) is 0.216. The minimum Gasteiger partial charge on any atom is -0.347 e. The van der Waals surface area contributed by atoms with E-state index in [-0.39, 0.29) is 17.5 Å². The van der Waals surface area contributed by atoms with Crippen LogP contribution in [0.25, 0.3) is 0 Å². The lowest BCUT2D eigenvalue weighted by Crippen LogP contribution is -2.50. The Balaban J connectivity index is 1.84. The maximum atomic E-state index is 11.9. The second kappa shape index (κ2) is 5.73. The topological polar surface area (TPSA) is 58.1 Å². The summed E-state index contributed by atoms with van der Waals surface area (Å²) in [6.45, 7) is 8.66. The SMILES string of the molecule is CC(C)(C)N1CCC(NC(=O)c2nnc(Cl)s2)CC1. The van der Waals surface area contributed by atoms with E-state index in [2.05, 4.69) is 41.2 Å². The van der Waals surface area contributed by atoms with Gasteiger partial charge in [-0.15, -0.1) is 10.2 Å². The number of likely N-dealkylation sites (tertiary alicyclic amines) is 1. The molecule has 0 atom stereocenters. The molecule has 1 aliphatic heterocycles. The van der Waals surface area contributed by atoms with Gasteiger partial charge >= 0.3 is 0 Å². The first-order valence-electron chi connectivity index (χ1n) is 6.41. The maximum Gasteiger partial charge on any atom is 0.282 e. The molecule has 106 valence electrons. The summed E-state index contributed by atoms with van der Waals surface area (Å²) in [4.78, 5) is 14.4. The van der Waals surface area contributed by atoms with E-state index in [4.69, 9.17) is 11.6 Å². The number of aromatic nitrogens is 2. The molecule has 2 heterocycles. The Bertz CT molecular complexity index is 449. The number of hydrogen-bond donors (Lipinski definition) is 1. The van der Waals surface area contributed by atoms with Gasteiger partial charge in [-0.2, -0.15) is 0 Å². The van der Waals surface area contributed by atoms with Gasteiger partial charge in [0.05, 0.1) is 0 Å². The van der Waals surface area contributed by atoms with Crippen molar-refractivity contribution in [2.45, 2.75) is 45.2 Å². The smallest absolute Gasteiger partial charge is 0.282 e. The summed E-state index contributed by atoms with van der Waals surface area (Å²) in [7, 11) is 0. The highest BCUT2D eigenvalue weighted by Crippen LogP contribution is 2.21. The van der Waals surface area contributed by atoms with Gasteiger partial charge in [-0.05, 0) is 45.2 Å². The summed E-state index contributed by atoms with van der Waals surface area (Å²) < 4.78 is 0.299. The zero-order valence-electron chi connectivity index (χ0n) is 11.4. The largest absolute Gasteiger partial charge is 0.347 e. The Hall–Kier alpha value is -0.720. The van der Waals surface area contributed by atoms with Crippen molar-refractivity contribution in [2.75, 3.05) is 13.1 Å². The van der Waals surface area contributed by atoms with Gasteiger partial charge in [0.1, 0.15) is 0 Å². The van der Waals surface area contributed by atoms with Crippen molar-refractivity contribution < 1.29 is 4.79 Å². The lowest BCUT2D eigenvalue weighted by atomic mass is 9.98. The van der Waals surface area contributed by atoms with E-state index in [1.54, 1.807) is 0 Å². The van der Waals surface area contributed by atoms with Crippen LogP contribution < -0.4 is 5.32 Å². The van der Waals surface area contributed by atoms with Gasteiger partial charge in [0.15, 0.2) is 0 Å². The fourth-order valence-electron chi connectivity index (χ4n) is 2.24. The predicted molar refractivity (Wildman–Crippen MR) is 76.7 cm³/mol. The number of nitrogens with one attached hydrogen (secondary N) is 1. The molecular formula is C12H19ClN4OS. The number of amides is 1. The van der Waals surface area contributed by atoms with E-state index in [0.717, 1.165) is 37.3 Å². The third kappa shape index (κ3) is 3.87. The minimum atomic E-state index is -0.168.